The van der Waals surface area contributed by atoms with Gasteiger partial charge in [-0.15, -0.1) is 11.3 Å². The SMILES string of the molecule is O=[N+]([O-])c1c(-c2nccs2)[nH]c2ccccc12. The van der Waals surface area contributed by atoms with E-state index in [4.69, 9.17) is 0 Å². The fourth-order valence-corrected chi connectivity index (χ4v) is 2.46. The normalized spacial score (nSPS) is 10.8. The standard InChI is InChI=1S/C11H7N3O2S/c15-14(16)10-7-3-1-2-4-8(7)13-9(10)11-12-5-6-17-11/h1-6,13H. The lowest BCUT2D eigenvalue weighted by Gasteiger charge is -1.91. The Labute approximate surface area is 99.9 Å². The molecule has 1 aromatic carbocycles. The second-order valence-corrected chi connectivity index (χ2v) is 4.38. The molecule has 17 heavy (non-hydrogen) atoms. The molecule has 3 aromatic rings. The van der Waals surface area contributed by atoms with Gasteiger partial charge in [0.1, 0.15) is 5.01 Å². The van der Waals surface area contributed by atoms with Crippen molar-refractivity contribution in [2.24, 2.45) is 0 Å². The van der Waals surface area contributed by atoms with E-state index in [9.17, 15) is 10.1 Å². The van der Waals surface area contributed by atoms with E-state index >= 15 is 0 Å². The predicted molar refractivity (Wildman–Crippen MR) is 66.1 cm³/mol. The van der Waals surface area contributed by atoms with Crippen LogP contribution in [0.5, 0.6) is 0 Å². The number of nitro groups is 1. The van der Waals surface area contributed by atoms with E-state index in [1.54, 1.807) is 23.7 Å². The molecule has 0 saturated carbocycles. The van der Waals surface area contributed by atoms with Crippen molar-refractivity contribution >= 4 is 27.9 Å². The van der Waals surface area contributed by atoms with Gasteiger partial charge in [0.25, 0.3) is 0 Å². The molecule has 0 aliphatic rings. The van der Waals surface area contributed by atoms with Crippen LogP contribution in [-0.4, -0.2) is 14.9 Å². The van der Waals surface area contributed by atoms with Crippen LogP contribution in [-0.2, 0) is 0 Å². The van der Waals surface area contributed by atoms with Crippen molar-refractivity contribution in [3.8, 4) is 10.7 Å². The van der Waals surface area contributed by atoms with E-state index in [-0.39, 0.29) is 10.6 Å². The number of hydrogen-bond acceptors (Lipinski definition) is 4. The summed E-state index contributed by atoms with van der Waals surface area (Å²) in [5, 5.41) is 14.2. The lowest BCUT2D eigenvalue weighted by atomic mass is 10.2. The smallest absolute Gasteiger partial charge is 0.305 e. The first-order chi connectivity index (χ1) is 8.27. The minimum Gasteiger partial charge on any atom is -0.347 e. The van der Waals surface area contributed by atoms with Gasteiger partial charge in [0.15, 0.2) is 5.69 Å². The van der Waals surface area contributed by atoms with E-state index in [2.05, 4.69) is 9.97 Å². The molecule has 0 bridgehead atoms. The van der Waals surface area contributed by atoms with Crippen LogP contribution in [0.15, 0.2) is 35.8 Å². The Morgan fingerprint density at radius 1 is 1.35 bits per heavy atom. The number of hydrogen-bond donors (Lipinski definition) is 1. The second kappa shape index (κ2) is 3.67. The average molecular weight is 245 g/mol. The molecule has 0 fully saturated rings. The van der Waals surface area contributed by atoms with Crippen LogP contribution in [0, 0.1) is 10.1 Å². The highest BCUT2D eigenvalue weighted by atomic mass is 32.1. The molecule has 0 amide bonds. The Kier molecular flexibility index (Phi) is 2.15. The molecule has 0 aliphatic carbocycles. The summed E-state index contributed by atoms with van der Waals surface area (Å²) in [5.41, 5.74) is 1.33. The highest BCUT2D eigenvalue weighted by molar-refractivity contribution is 7.13. The number of thiazole rings is 1. The molecule has 0 spiro atoms. The molecule has 2 heterocycles. The lowest BCUT2D eigenvalue weighted by Crippen LogP contribution is -1.89. The number of H-pyrrole nitrogens is 1. The van der Waals surface area contributed by atoms with Crippen molar-refractivity contribution in [3.05, 3.63) is 46.0 Å². The number of rotatable bonds is 2. The van der Waals surface area contributed by atoms with Crippen LogP contribution in [0.25, 0.3) is 21.6 Å². The first-order valence-electron chi connectivity index (χ1n) is 4.92. The van der Waals surface area contributed by atoms with Gasteiger partial charge in [0.05, 0.1) is 15.8 Å². The van der Waals surface area contributed by atoms with E-state index in [1.165, 1.54) is 11.3 Å². The van der Waals surface area contributed by atoms with Crippen LogP contribution in [0.2, 0.25) is 0 Å². The molecular weight excluding hydrogens is 238 g/mol. The van der Waals surface area contributed by atoms with Crippen molar-refractivity contribution in [2.75, 3.05) is 0 Å². The monoisotopic (exact) mass is 245 g/mol. The van der Waals surface area contributed by atoms with Crippen LogP contribution in [0.3, 0.4) is 0 Å². The molecule has 0 saturated heterocycles. The zero-order valence-electron chi connectivity index (χ0n) is 8.58. The minimum atomic E-state index is -0.366. The Morgan fingerprint density at radius 3 is 2.88 bits per heavy atom. The van der Waals surface area contributed by atoms with Gasteiger partial charge >= 0.3 is 5.69 Å². The van der Waals surface area contributed by atoms with Crippen LogP contribution in [0.1, 0.15) is 0 Å². The molecule has 6 heteroatoms. The molecule has 0 atom stereocenters. The summed E-state index contributed by atoms with van der Waals surface area (Å²) < 4.78 is 0. The summed E-state index contributed by atoms with van der Waals surface area (Å²) in [5.74, 6) is 0. The van der Waals surface area contributed by atoms with Crippen LogP contribution < -0.4 is 0 Å². The third-order valence-electron chi connectivity index (χ3n) is 2.51. The summed E-state index contributed by atoms with van der Waals surface area (Å²) in [6.45, 7) is 0. The fraction of sp³-hybridized carbons (Fsp3) is 0. The van der Waals surface area contributed by atoms with E-state index in [0.717, 1.165) is 5.52 Å². The number of aromatic nitrogens is 2. The van der Waals surface area contributed by atoms with E-state index in [0.29, 0.717) is 16.1 Å². The van der Waals surface area contributed by atoms with Gasteiger partial charge in [-0.25, -0.2) is 4.98 Å². The van der Waals surface area contributed by atoms with Gasteiger partial charge in [0, 0.05) is 11.6 Å². The summed E-state index contributed by atoms with van der Waals surface area (Å²) >= 11 is 1.38. The maximum atomic E-state index is 11.2. The Bertz CT molecular complexity index is 688. The summed E-state index contributed by atoms with van der Waals surface area (Å²) in [6, 6.07) is 7.18. The number of fused-ring (bicyclic) bond motifs is 1. The van der Waals surface area contributed by atoms with Crippen molar-refractivity contribution in [1.29, 1.82) is 0 Å². The molecule has 3 rings (SSSR count). The molecule has 1 N–H and O–H groups in total. The maximum Gasteiger partial charge on any atom is 0.305 e. The molecule has 0 unspecified atom stereocenters. The number of nitrogens with zero attached hydrogens (tertiary/aromatic N) is 2. The fourth-order valence-electron chi connectivity index (χ4n) is 1.82. The first kappa shape index (κ1) is 9.98. The molecule has 0 radical (unpaired) electrons. The van der Waals surface area contributed by atoms with Gasteiger partial charge in [-0.05, 0) is 12.1 Å². The van der Waals surface area contributed by atoms with Gasteiger partial charge < -0.3 is 4.98 Å². The summed E-state index contributed by atoms with van der Waals surface area (Å²) in [4.78, 5) is 18.0. The number of aromatic amines is 1. The predicted octanol–water partition coefficient (Wildman–Crippen LogP) is 3.20. The Morgan fingerprint density at radius 2 is 2.18 bits per heavy atom. The highest BCUT2D eigenvalue weighted by Crippen LogP contribution is 2.36. The van der Waals surface area contributed by atoms with Crippen molar-refractivity contribution in [3.63, 3.8) is 0 Å². The third kappa shape index (κ3) is 1.50. The number of para-hydroxylation sites is 1. The Balaban J connectivity index is 2.38. The summed E-state index contributed by atoms with van der Waals surface area (Å²) in [6.07, 6.45) is 1.63. The van der Waals surface area contributed by atoms with Crippen LogP contribution >= 0.6 is 11.3 Å². The largest absolute Gasteiger partial charge is 0.347 e. The van der Waals surface area contributed by atoms with Crippen LogP contribution in [0.4, 0.5) is 5.69 Å². The average Bonchev–Trinajstić information content (AvgIpc) is 2.95. The third-order valence-corrected chi connectivity index (χ3v) is 3.30. The van der Waals surface area contributed by atoms with E-state index in [1.807, 2.05) is 12.1 Å². The van der Waals surface area contributed by atoms with Crippen molar-refractivity contribution < 1.29 is 4.92 Å². The van der Waals surface area contributed by atoms with Gasteiger partial charge in [-0.2, -0.15) is 0 Å². The van der Waals surface area contributed by atoms with Gasteiger partial charge in [-0.1, -0.05) is 12.1 Å². The molecule has 0 aliphatic heterocycles. The maximum absolute atomic E-state index is 11.2. The molecule has 84 valence electrons. The molecular formula is C11H7N3O2S. The van der Waals surface area contributed by atoms with Gasteiger partial charge in [-0.3, -0.25) is 10.1 Å². The quantitative estimate of drug-likeness (QED) is 0.556. The molecule has 5 nitrogen and oxygen atoms in total. The topological polar surface area (TPSA) is 71.8 Å². The zero-order valence-corrected chi connectivity index (χ0v) is 9.40. The first-order valence-corrected chi connectivity index (χ1v) is 5.80. The Hall–Kier alpha value is -2.21. The molecule has 2 aromatic heterocycles. The lowest BCUT2D eigenvalue weighted by molar-refractivity contribution is -0.382. The number of nitrogens with one attached hydrogen (secondary N) is 1. The zero-order chi connectivity index (χ0) is 11.8. The summed E-state index contributed by atoms with van der Waals surface area (Å²) in [7, 11) is 0. The highest BCUT2D eigenvalue weighted by Gasteiger charge is 2.23. The number of benzene rings is 1. The minimum absolute atomic E-state index is 0.0931. The van der Waals surface area contributed by atoms with Gasteiger partial charge in [0.2, 0.25) is 0 Å². The second-order valence-electron chi connectivity index (χ2n) is 3.49. The van der Waals surface area contributed by atoms with Crippen molar-refractivity contribution in [2.45, 2.75) is 0 Å². The van der Waals surface area contributed by atoms with Crippen molar-refractivity contribution in [1.82, 2.24) is 9.97 Å². The van der Waals surface area contributed by atoms with E-state index < -0.39 is 0 Å².